The van der Waals surface area contributed by atoms with Crippen molar-refractivity contribution in [1.82, 2.24) is 0 Å². The Morgan fingerprint density at radius 2 is 2.00 bits per heavy atom. The summed E-state index contributed by atoms with van der Waals surface area (Å²) in [4.78, 5) is 0. The Morgan fingerprint density at radius 3 is 2.60 bits per heavy atom. The molecule has 0 aromatic heterocycles. The number of ether oxygens (including phenoxy) is 1. The van der Waals surface area contributed by atoms with E-state index in [1.165, 1.54) is 6.07 Å². The van der Waals surface area contributed by atoms with Crippen LogP contribution in [0, 0.1) is 23.1 Å². The van der Waals surface area contributed by atoms with E-state index in [2.05, 4.69) is 6.92 Å². The summed E-state index contributed by atoms with van der Waals surface area (Å²) >= 11 is 0. The maximum atomic E-state index is 14.5. The normalized spacial score (nSPS) is 22.3. The molecule has 0 bridgehead atoms. The standard InChI is InChI=1S/C17H22FNO/c1-3-10-20-15-9-8-14(11-19)17(18)16(15)13-6-4-12(2)5-7-13/h8-9,12-13H,3-7,10H2,1-2H3. The fraction of sp³-hybridized carbons (Fsp3) is 0.588. The number of nitriles is 1. The van der Waals surface area contributed by atoms with Crippen LogP contribution in [0.4, 0.5) is 4.39 Å². The summed E-state index contributed by atoms with van der Waals surface area (Å²) < 4.78 is 20.2. The Kier molecular flexibility index (Phi) is 5.00. The monoisotopic (exact) mass is 275 g/mol. The maximum Gasteiger partial charge on any atom is 0.148 e. The molecule has 2 rings (SSSR count). The first-order valence-corrected chi connectivity index (χ1v) is 7.52. The van der Waals surface area contributed by atoms with E-state index in [1.54, 1.807) is 6.07 Å². The van der Waals surface area contributed by atoms with E-state index in [9.17, 15) is 4.39 Å². The van der Waals surface area contributed by atoms with Crippen molar-refractivity contribution in [2.75, 3.05) is 6.61 Å². The van der Waals surface area contributed by atoms with Crippen molar-refractivity contribution in [3.05, 3.63) is 29.1 Å². The fourth-order valence-corrected chi connectivity index (χ4v) is 2.93. The van der Waals surface area contributed by atoms with Crippen molar-refractivity contribution in [2.24, 2.45) is 5.92 Å². The van der Waals surface area contributed by atoms with Gasteiger partial charge in [-0.2, -0.15) is 5.26 Å². The van der Waals surface area contributed by atoms with Gasteiger partial charge in [0, 0.05) is 5.56 Å². The molecule has 20 heavy (non-hydrogen) atoms. The molecule has 0 heterocycles. The van der Waals surface area contributed by atoms with Crippen LogP contribution in [-0.4, -0.2) is 6.61 Å². The zero-order valence-corrected chi connectivity index (χ0v) is 12.3. The molecule has 2 nitrogen and oxygen atoms in total. The largest absolute Gasteiger partial charge is 0.493 e. The minimum atomic E-state index is -0.374. The van der Waals surface area contributed by atoms with E-state index in [1.807, 2.05) is 13.0 Å². The summed E-state index contributed by atoms with van der Waals surface area (Å²) in [6.07, 6.45) is 5.09. The Bertz CT molecular complexity index is 498. The van der Waals surface area contributed by atoms with Crippen LogP contribution in [0.25, 0.3) is 0 Å². The van der Waals surface area contributed by atoms with Gasteiger partial charge in [0.2, 0.25) is 0 Å². The highest BCUT2D eigenvalue weighted by Crippen LogP contribution is 2.41. The van der Waals surface area contributed by atoms with Gasteiger partial charge in [-0.15, -0.1) is 0 Å². The van der Waals surface area contributed by atoms with Gasteiger partial charge in [0.05, 0.1) is 12.2 Å². The Hall–Kier alpha value is -1.56. The molecule has 1 aliphatic carbocycles. The molecule has 1 aromatic carbocycles. The van der Waals surface area contributed by atoms with Gasteiger partial charge in [0.1, 0.15) is 17.6 Å². The summed E-state index contributed by atoms with van der Waals surface area (Å²) in [5, 5.41) is 9.02. The van der Waals surface area contributed by atoms with Gasteiger partial charge >= 0.3 is 0 Å². The SMILES string of the molecule is CCCOc1ccc(C#N)c(F)c1C1CCC(C)CC1. The third-order valence-electron chi connectivity index (χ3n) is 4.15. The van der Waals surface area contributed by atoms with Crippen LogP contribution in [0.15, 0.2) is 12.1 Å². The first-order chi connectivity index (χ1) is 9.67. The highest BCUT2D eigenvalue weighted by Gasteiger charge is 2.26. The van der Waals surface area contributed by atoms with Crippen molar-refractivity contribution < 1.29 is 9.13 Å². The summed E-state index contributed by atoms with van der Waals surface area (Å²) in [5.74, 6) is 1.16. The Balaban J connectivity index is 2.34. The molecule has 1 aromatic rings. The molecule has 108 valence electrons. The van der Waals surface area contributed by atoms with E-state index in [-0.39, 0.29) is 17.3 Å². The Labute approximate surface area is 120 Å². The number of hydrogen-bond acceptors (Lipinski definition) is 2. The molecule has 0 atom stereocenters. The van der Waals surface area contributed by atoms with Gasteiger partial charge in [0.25, 0.3) is 0 Å². The lowest BCUT2D eigenvalue weighted by Crippen LogP contribution is -2.14. The molecule has 3 heteroatoms. The predicted molar refractivity (Wildman–Crippen MR) is 77.3 cm³/mol. The Morgan fingerprint density at radius 1 is 1.30 bits per heavy atom. The first kappa shape index (κ1) is 14.8. The van der Waals surface area contributed by atoms with Crippen LogP contribution in [0.2, 0.25) is 0 Å². The minimum absolute atomic E-state index is 0.127. The average molecular weight is 275 g/mol. The van der Waals surface area contributed by atoms with Gasteiger partial charge in [-0.3, -0.25) is 0 Å². The van der Waals surface area contributed by atoms with E-state index in [4.69, 9.17) is 10.00 Å². The molecule has 0 radical (unpaired) electrons. The third kappa shape index (κ3) is 3.12. The van der Waals surface area contributed by atoms with E-state index in [0.717, 1.165) is 32.1 Å². The average Bonchev–Trinajstić information content (AvgIpc) is 2.46. The molecule has 0 unspecified atom stereocenters. The second-order valence-corrected chi connectivity index (χ2v) is 5.76. The van der Waals surface area contributed by atoms with Gasteiger partial charge in [0.15, 0.2) is 0 Å². The van der Waals surface area contributed by atoms with Crippen LogP contribution in [0.3, 0.4) is 0 Å². The van der Waals surface area contributed by atoms with Crippen LogP contribution in [0.1, 0.15) is 63.0 Å². The topological polar surface area (TPSA) is 33.0 Å². The molecule has 1 fully saturated rings. The highest BCUT2D eigenvalue weighted by molar-refractivity contribution is 5.45. The van der Waals surface area contributed by atoms with Crippen LogP contribution < -0.4 is 4.74 Å². The van der Waals surface area contributed by atoms with Crippen molar-refractivity contribution in [1.29, 1.82) is 5.26 Å². The smallest absolute Gasteiger partial charge is 0.148 e. The summed E-state index contributed by atoms with van der Waals surface area (Å²) in [7, 11) is 0. The van der Waals surface area contributed by atoms with Crippen LogP contribution in [-0.2, 0) is 0 Å². The molecule has 1 aliphatic rings. The zero-order chi connectivity index (χ0) is 14.5. The molecule has 0 saturated heterocycles. The third-order valence-corrected chi connectivity index (χ3v) is 4.15. The lowest BCUT2D eigenvalue weighted by Gasteiger charge is -2.28. The van der Waals surface area contributed by atoms with E-state index < -0.39 is 0 Å². The molecule has 0 spiro atoms. The number of benzene rings is 1. The van der Waals surface area contributed by atoms with Crippen LogP contribution >= 0.6 is 0 Å². The number of hydrogen-bond donors (Lipinski definition) is 0. The van der Waals surface area contributed by atoms with Gasteiger partial charge in [-0.1, -0.05) is 26.7 Å². The number of halogens is 1. The minimum Gasteiger partial charge on any atom is -0.493 e. The number of nitrogens with zero attached hydrogens (tertiary/aromatic N) is 1. The molecule has 0 N–H and O–H groups in total. The van der Waals surface area contributed by atoms with Crippen molar-refractivity contribution >= 4 is 0 Å². The number of rotatable bonds is 4. The zero-order valence-electron chi connectivity index (χ0n) is 12.3. The van der Waals surface area contributed by atoms with Crippen molar-refractivity contribution in [2.45, 2.75) is 51.9 Å². The van der Waals surface area contributed by atoms with Gasteiger partial charge in [-0.05, 0) is 43.2 Å². The molecule has 1 saturated carbocycles. The molecule has 0 aliphatic heterocycles. The maximum absolute atomic E-state index is 14.5. The van der Waals surface area contributed by atoms with Gasteiger partial charge < -0.3 is 4.74 Å². The predicted octanol–water partition coefficient (Wildman–Crippen LogP) is 4.78. The second-order valence-electron chi connectivity index (χ2n) is 5.76. The lowest BCUT2D eigenvalue weighted by atomic mass is 9.78. The second kappa shape index (κ2) is 6.74. The van der Waals surface area contributed by atoms with E-state index in [0.29, 0.717) is 23.8 Å². The van der Waals surface area contributed by atoms with Crippen molar-refractivity contribution in [3.63, 3.8) is 0 Å². The van der Waals surface area contributed by atoms with Gasteiger partial charge in [-0.25, -0.2) is 4.39 Å². The summed E-state index contributed by atoms with van der Waals surface area (Å²) in [5.41, 5.74) is 0.756. The molecular formula is C17H22FNO. The van der Waals surface area contributed by atoms with Crippen LogP contribution in [0.5, 0.6) is 5.75 Å². The molecule has 0 amide bonds. The highest BCUT2D eigenvalue weighted by atomic mass is 19.1. The summed E-state index contributed by atoms with van der Waals surface area (Å²) in [6, 6.07) is 5.21. The van der Waals surface area contributed by atoms with E-state index >= 15 is 0 Å². The fourth-order valence-electron chi connectivity index (χ4n) is 2.93. The van der Waals surface area contributed by atoms with Crippen molar-refractivity contribution in [3.8, 4) is 11.8 Å². The quantitative estimate of drug-likeness (QED) is 0.792. The summed E-state index contributed by atoms with van der Waals surface area (Å²) in [6.45, 7) is 4.86. The lowest BCUT2D eigenvalue weighted by molar-refractivity contribution is 0.294. The molecular weight excluding hydrogens is 253 g/mol. The first-order valence-electron chi connectivity index (χ1n) is 7.52.